The Morgan fingerprint density at radius 3 is 2.70 bits per heavy atom. The maximum Gasteiger partial charge on any atom is 0.158 e. The number of hydrazine groups is 1. The highest BCUT2D eigenvalue weighted by Gasteiger charge is 2.27. The average molecular weight is 409 g/mol. The van der Waals surface area contributed by atoms with Crippen LogP contribution in [0, 0.1) is 11.3 Å². The minimum Gasteiger partial charge on any atom is -0.496 e. The van der Waals surface area contributed by atoms with Gasteiger partial charge in [0.25, 0.3) is 0 Å². The first kappa shape index (κ1) is 20.3. The standard InChI is InChI=1S/C21H28N8O/c1-29-7-5-14(6-8-29)25-15-3-4-17(19(9-15)30-2)18-10-20(28-27-18)26-21-13-23-16(11-22)12-24-21/h3-4,9,12-14,18,20,25,27-28H,5-8,10H2,1-2H3,(H,24,26). The quantitative estimate of drug-likeness (QED) is 0.569. The van der Waals surface area contributed by atoms with E-state index in [0.717, 1.165) is 49.4 Å². The van der Waals surface area contributed by atoms with Gasteiger partial charge in [-0.3, -0.25) is 0 Å². The van der Waals surface area contributed by atoms with Crippen LogP contribution in [0.1, 0.15) is 36.6 Å². The summed E-state index contributed by atoms with van der Waals surface area (Å²) in [6.45, 7) is 2.26. The van der Waals surface area contributed by atoms with Crippen molar-refractivity contribution in [3.8, 4) is 11.8 Å². The van der Waals surface area contributed by atoms with Crippen molar-refractivity contribution in [2.75, 3.05) is 37.9 Å². The van der Waals surface area contributed by atoms with E-state index >= 15 is 0 Å². The first-order chi connectivity index (χ1) is 14.6. The molecule has 2 unspecified atom stereocenters. The Labute approximate surface area is 176 Å². The predicted octanol–water partition coefficient (Wildman–Crippen LogP) is 1.84. The number of nitrogens with one attached hydrogen (secondary N) is 4. The van der Waals surface area contributed by atoms with Crippen LogP contribution in [0.25, 0.3) is 0 Å². The van der Waals surface area contributed by atoms with Crippen molar-refractivity contribution in [2.45, 2.75) is 37.5 Å². The number of nitriles is 1. The minimum atomic E-state index is -0.0148. The summed E-state index contributed by atoms with van der Waals surface area (Å²) < 4.78 is 5.69. The van der Waals surface area contributed by atoms with Crippen molar-refractivity contribution in [2.24, 2.45) is 0 Å². The molecule has 2 aliphatic rings. The summed E-state index contributed by atoms with van der Waals surface area (Å²) in [5, 5.41) is 15.8. The highest BCUT2D eigenvalue weighted by molar-refractivity contribution is 5.53. The number of hydrogen-bond donors (Lipinski definition) is 4. The molecule has 2 atom stereocenters. The topological polar surface area (TPSA) is 110 Å². The fraction of sp³-hybridized carbons (Fsp3) is 0.476. The highest BCUT2D eigenvalue weighted by Crippen LogP contribution is 2.33. The van der Waals surface area contributed by atoms with Crippen molar-refractivity contribution in [1.82, 2.24) is 25.7 Å². The van der Waals surface area contributed by atoms with Gasteiger partial charge in [0.05, 0.1) is 31.7 Å². The molecule has 0 amide bonds. The Bertz CT molecular complexity index is 889. The van der Waals surface area contributed by atoms with Gasteiger partial charge in [-0.2, -0.15) is 5.26 Å². The predicted molar refractivity (Wildman–Crippen MR) is 115 cm³/mol. The Morgan fingerprint density at radius 2 is 2.00 bits per heavy atom. The van der Waals surface area contributed by atoms with Gasteiger partial charge in [-0.05, 0) is 39.0 Å². The van der Waals surface area contributed by atoms with Gasteiger partial charge in [-0.15, -0.1) is 0 Å². The van der Waals surface area contributed by atoms with Gasteiger partial charge >= 0.3 is 0 Å². The highest BCUT2D eigenvalue weighted by atomic mass is 16.5. The molecule has 158 valence electrons. The largest absolute Gasteiger partial charge is 0.496 e. The number of likely N-dealkylation sites (tertiary alicyclic amines) is 1. The summed E-state index contributed by atoms with van der Waals surface area (Å²) in [5.74, 6) is 1.49. The summed E-state index contributed by atoms with van der Waals surface area (Å²) in [6.07, 6.45) is 6.12. The molecule has 2 saturated heterocycles. The van der Waals surface area contributed by atoms with Crippen molar-refractivity contribution in [3.05, 3.63) is 41.9 Å². The monoisotopic (exact) mass is 408 g/mol. The van der Waals surface area contributed by atoms with E-state index in [0.29, 0.717) is 17.6 Å². The van der Waals surface area contributed by atoms with Crippen LogP contribution in [0.3, 0.4) is 0 Å². The van der Waals surface area contributed by atoms with Crippen LogP contribution in [-0.2, 0) is 0 Å². The van der Waals surface area contributed by atoms with E-state index in [1.165, 1.54) is 6.20 Å². The maximum absolute atomic E-state index is 8.83. The van der Waals surface area contributed by atoms with Crippen molar-refractivity contribution in [3.63, 3.8) is 0 Å². The first-order valence-electron chi connectivity index (χ1n) is 10.3. The van der Waals surface area contributed by atoms with Gasteiger partial charge in [-0.25, -0.2) is 20.8 Å². The molecule has 4 N–H and O–H groups in total. The molecular weight excluding hydrogens is 380 g/mol. The molecule has 3 heterocycles. The van der Waals surface area contributed by atoms with Gasteiger partial charge in [0.15, 0.2) is 5.69 Å². The molecule has 4 rings (SSSR count). The molecule has 1 aromatic carbocycles. The summed E-state index contributed by atoms with van der Waals surface area (Å²) in [5.41, 5.74) is 9.08. The normalized spacial score (nSPS) is 22.4. The van der Waals surface area contributed by atoms with E-state index < -0.39 is 0 Å². The fourth-order valence-corrected chi connectivity index (χ4v) is 3.97. The van der Waals surface area contributed by atoms with Gasteiger partial charge in [-0.1, -0.05) is 6.07 Å². The zero-order valence-corrected chi connectivity index (χ0v) is 17.4. The third kappa shape index (κ3) is 4.79. The first-order valence-corrected chi connectivity index (χ1v) is 10.3. The molecule has 2 aliphatic heterocycles. The van der Waals surface area contributed by atoms with Crippen LogP contribution in [0.2, 0.25) is 0 Å². The van der Waals surface area contributed by atoms with Gasteiger partial charge in [0, 0.05) is 29.8 Å². The Hall–Kier alpha value is -2.93. The van der Waals surface area contributed by atoms with E-state index in [1.54, 1.807) is 13.3 Å². The third-order valence-corrected chi connectivity index (χ3v) is 5.69. The number of nitrogens with zero attached hydrogens (tertiary/aromatic N) is 4. The molecule has 0 bridgehead atoms. The second kappa shape index (κ2) is 9.26. The summed E-state index contributed by atoms with van der Waals surface area (Å²) in [4.78, 5) is 10.6. The lowest BCUT2D eigenvalue weighted by atomic mass is 10.0. The molecule has 0 spiro atoms. The Morgan fingerprint density at radius 1 is 1.17 bits per heavy atom. The van der Waals surface area contributed by atoms with Crippen LogP contribution in [0.5, 0.6) is 5.75 Å². The number of aromatic nitrogens is 2. The fourth-order valence-electron chi connectivity index (χ4n) is 3.97. The zero-order valence-electron chi connectivity index (χ0n) is 17.4. The van der Waals surface area contributed by atoms with E-state index in [1.807, 2.05) is 6.07 Å². The third-order valence-electron chi connectivity index (χ3n) is 5.69. The van der Waals surface area contributed by atoms with Crippen LogP contribution < -0.4 is 26.2 Å². The number of rotatable bonds is 6. The molecule has 2 fully saturated rings. The number of ether oxygens (including phenoxy) is 1. The van der Waals surface area contributed by atoms with E-state index in [-0.39, 0.29) is 12.2 Å². The molecule has 0 radical (unpaired) electrons. The lowest BCUT2D eigenvalue weighted by Crippen LogP contribution is -2.36. The van der Waals surface area contributed by atoms with E-state index in [2.05, 4.69) is 61.6 Å². The molecule has 0 aliphatic carbocycles. The van der Waals surface area contributed by atoms with Crippen molar-refractivity contribution in [1.29, 1.82) is 5.26 Å². The van der Waals surface area contributed by atoms with Gasteiger partial charge in [0.2, 0.25) is 0 Å². The Balaban J connectivity index is 1.38. The molecule has 9 heteroatoms. The van der Waals surface area contributed by atoms with E-state index in [4.69, 9.17) is 10.00 Å². The van der Waals surface area contributed by atoms with Gasteiger partial charge in [0.1, 0.15) is 17.6 Å². The summed E-state index contributed by atoms with van der Waals surface area (Å²) in [7, 11) is 3.88. The molecule has 9 nitrogen and oxygen atoms in total. The smallest absolute Gasteiger partial charge is 0.158 e. The summed E-state index contributed by atoms with van der Waals surface area (Å²) in [6, 6.07) is 8.91. The maximum atomic E-state index is 8.83. The van der Waals surface area contributed by atoms with Crippen LogP contribution in [0.4, 0.5) is 11.5 Å². The van der Waals surface area contributed by atoms with Crippen LogP contribution >= 0.6 is 0 Å². The number of piperidine rings is 1. The lowest BCUT2D eigenvalue weighted by Gasteiger charge is -2.30. The zero-order chi connectivity index (χ0) is 20.9. The van der Waals surface area contributed by atoms with Crippen LogP contribution in [0.15, 0.2) is 30.6 Å². The van der Waals surface area contributed by atoms with Crippen molar-refractivity contribution < 1.29 is 4.74 Å². The van der Waals surface area contributed by atoms with Gasteiger partial charge < -0.3 is 20.3 Å². The van der Waals surface area contributed by atoms with Crippen molar-refractivity contribution >= 4 is 11.5 Å². The Kier molecular flexibility index (Phi) is 6.28. The summed E-state index contributed by atoms with van der Waals surface area (Å²) >= 11 is 0. The number of benzene rings is 1. The minimum absolute atomic E-state index is 0.0148. The van der Waals surface area contributed by atoms with Crippen LogP contribution in [-0.4, -0.2) is 54.3 Å². The lowest BCUT2D eigenvalue weighted by molar-refractivity contribution is 0.264. The van der Waals surface area contributed by atoms with E-state index in [9.17, 15) is 0 Å². The SMILES string of the molecule is COc1cc(NC2CCN(C)CC2)ccc1C1CC(Nc2cnc(C#N)cn2)NN1. The number of anilines is 2. The molecule has 0 saturated carbocycles. The molecule has 30 heavy (non-hydrogen) atoms. The second-order valence-corrected chi connectivity index (χ2v) is 7.85. The number of hydrogen-bond acceptors (Lipinski definition) is 9. The molecule has 1 aromatic heterocycles. The second-order valence-electron chi connectivity index (χ2n) is 7.85. The number of methoxy groups -OCH3 is 1. The molecular formula is C21H28N8O. The molecule has 2 aromatic rings. The average Bonchev–Trinajstić information content (AvgIpc) is 3.24.